The number of nitrogens with zero attached hydrogens (tertiary/aromatic N) is 1. The van der Waals surface area contributed by atoms with E-state index in [2.05, 4.69) is 44.6 Å². The first-order chi connectivity index (χ1) is 17.7. The largest absolute Gasteiger partial charge is 0.447 e. The fraction of sp³-hybridized carbons (Fsp3) is 0.923. The van der Waals surface area contributed by atoms with E-state index >= 15 is 0 Å². The molecule has 264 valence electrons. The SMILES string of the molecule is C.C.C.C.C[Si](C)(C)O[Si](C)(C)O[Si](C)(CCCN(CCNC(=O)OCC(O)CO)C(=O)OCC(O)CO)O[Si](C)(C)C. The highest BCUT2D eigenvalue weighted by Gasteiger charge is 2.44. The third kappa shape index (κ3) is 27.2. The highest BCUT2D eigenvalue weighted by atomic mass is 28.5. The van der Waals surface area contributed by atoms with Crippen LogP contribution in [0.25, 0.3) is 0 Å². The molecule has 0 bridgehead atoms. The Labute approximate surface area is 267 Å². The van der Waals surface area contributed by atoms with Gasteiger partial charge in [0.1, 0.15) is 25.4 Å². The third-order valence-corrected chi connectivity index (χ3v) is 18.3. The molecule has 0 saturated heterocycles. The zero-order valence-corrected chi connectivity index (χ0v) is 29.1. The van der Waals surface area contributed by atoms with Crippen LogP contribution in [-0.4, -0.2) is 130 Å². The minimum absolute atomic E-state index is 0. The number of aliphatic hydroxyl groups is 4. The molecule has 0 fully saturated rings. The predicted octanol–water partition coefficient (Wildman–Crippen LogP) is 4.29. The van der Waals surface area contributed by atoms with Crippen LogP contribution in [0.1, 0.15) is 36.1 Å². The molecule has 0 aromatic carbocycles. The molecular weight excluding hydrogens is 629 g/mol. The second-order valence-electron chi connectivity index (χ2n) is 11.9. The Hall–Kier alpha value is -0.872. The van der Waals surface area contributed by atoms with Gasteiger partial charge >= 0.3 is 29.3 Å². The van der Waals surface area contributed by atoms with Crippen molar-refractivity contribution in [3.05, 3.63) is 0 Å². The number of carbonyl (C=O) groups is 2. The lowest BCUT2D eigenvalue weighted by molar-refractivity contribution is 0.0196. The molecule has 0 saturated carbocycles. The van der Waals surface area contributed by atoms with E-state index < -0.39 is 71.4 Å². The fourth-order valence-corrected chi connectivity index (χ4v) is 21.8. The highest BCUT2D eigenvalue weighted by molar-refractivity contribution is 6.89. The van der Waals surface area contributed by atoms with Gasteiger partial charge in [0.05, 0.1) is 13.2 Å². The van der Waals surface area contributed by atoms with Crippen LogP contribution in [0.5, 0.6) is 0 Å². The monoisotopic (exact) mass is 696 g/mol. The summed E-state index contributed by atoms with van der Waals surface area (Å²) in [5, 5.41) is 39.1. The van der Waals surface area contributed by atoms with Crippen molar-refractivity contribution in [1.29, 1.82) is 0 Å². The zero-order valence-electron chi connectivity index (χ0n) is 25.1. The first-order valence-corrected chi connectivity index (χ1v) is 25.4. The number of alkyl carbamates (subject to hydrolysis) is 1. The maximum atomic E-state index is 12.7. The summed E-state index contributed by atoms with van der Waals surface area (Å²) in [5.41, 5.74) is 0. The Bertz CT molecular complexity index is 741. The van der Waals surface area contributed by atoms with Crippen molar-refractivity contribution in [3.63, 3.8) is 0 Å². The normalized spacial score (nSPS) is 14.3. The zero-order chi connectivity index (χ0) is 30.5. The Morgan fingerprint density at radius 1 is 0.721 bits per heavy atom. The number of hydrogen-bond donors (Lipinski definition) is 5. The minimum Gasteiger partial charge on any atom is -0.447 e. The van der Waals surface area contributed by atoms with Crippen molar-refractivity contribution in [2.45, 2.75) is 113 Å². The lowest BCUT2D eigenvalue weighted by Crippen LogP contribution is -2.57. The lowest BCUT2D eigenvalue weighted by Gasteiger charge is -2.41. The first-order valence-electron chi connectivity index (χ1n) is 13.2. The van der Waals surface area contributed by atoms with Crippen molar-refractivity contribution in [2.75, 3.05) is 46.1 Å². The van der Waals surface area contributed by atoms with E-state index in [0.29, 0.717) is 12.5 Å². The molecule has 43 heavy (non-hydrogen) atoms. The number of aliphatic hydroxyl groups excluding tert-OH is 4. The van der Waals surface area contributed by atoms with Gasteiger partial charge in [-0.25, -0.2) is 9.59 Å². The summed E-state index contributed by atoms with van der Waals surface area (Å²) in [5.74, 6) is 0. The molecule has 0 aliphatic carbocycles. The van der Waals surface area contributed by atoms with E-state index in [4.69, 9.17) is 32.0 Å². The van der Waals surface area contributed by atoms with Crippen LogP contribution >= 0.6 is 0 Å². The predicted molar refractivity (Wildman–Crippen MR) is 184 cm³/mol. The molecule has 0 rings (SSSR count). The molecule has 0 aromatic rings. The van der Waals surface area contributed by atoms with Crippen molar-refractivity contribution in [2.24, 2.45) is 0 Å². The van der Waals surface area contributed by atoms with Gasteiger partial charge in [-0.2, -0.15) is 0 Å². The molecule has 0 heterocycles. The molecule has 0 aliphatic rings. The van der Waals surface area contributed by atoms with Gasteiger partial charge in [0.2, 0.25) is 0 Å². The van der Waals surface area contributed by atoms with Crippen molar-refractivity contribution in [3.8, 4) is 0 Å². The van der Waals surface area contributed by atoms with Crippen LogP contribution in [0.2, 0.25) is 65.0 Å². The van der Waals surface area contributed by atoms with Gasteiger partial charge < -0.3 is 52.5 Å². The third-order valence-electron chi connectivity index (χ3n) is 4.73. The molecule has 0 radical (unpaired) electrons. The first kappa shape index (κ1) is 51.7. The Balaban J connectivity index is -0.00000120. The number of rotatable bonds is 19. The Morgan fingerprint density at radius 2 is 1.19 bits per heavy atom. The summed E-state index contributed by atoms with van der Waals surface area (Å²) in [6, 6.07) is 0.598. The quantitative estimate of drug-likeness (QED) is 0.122. The molecule has 0 aromatic heterocycles. The maximum absolute atomic E-state index is 12.7. The molecule has 0 spiro atoms. The Kier molecular flexibility index (Phi) is 28.2. The van der Waals surface area contributed by atoms with E-state index in [1.54, 1.807) is 0 Å². The topological polar surface area (TPSA) is 176 Å². The van der Waals surface area contributed by atoms with Crippen LogP contribution < -0.4 is 5.32 Å². The van der Waals surface area contributed by atoms with Crippen LogP contribution in [-0.2, 0) is 21.8 Å². The van der Waals surface area contributed by atoms with Crippen LogP contribution in [0.4, 0.5) is 9.59 Å². The number of hydrogen-bond acceptors (Lipinski definition) is 11. The maximum Gasteiger partial charge on any atom is 0.409 e. The molecule has 2 amide bonds. The molecule has 5 N–H and O–H groups in total. The number of nitrogens with one attached hydrogen (secondary N) is 1. The van der Waals surface area contributed by atoms with E-state index in [0.717, 1.165) is 0 Å². The number of amides is 2. The Morgan fingerprint density at radius 3 is 1.63 bits per heavy atom. The van der Waals surface area contributed by atoms with Crippen molar-refractivity contribution in [1.82, 2.24) is 10.2 Å². The molecule has 3 atom stereocenters. The minimum atomic E-state index is -2.70. The number of carbonyl (C=O) groups excluding carboxylic acids is 2. The number of ether oxygens (including phenoxy) is 2. The summed E-state index contributed by atoms with van der Waals surface area (Å²) in [6.07, 6.45) is -3.35. The van der Waals surface area contributed by atoms with Gasteiger partial charge in [0, 0.05) is 19.6 Å². The van der Waals surface area contributed by atoms with E-state index in [-0.39, 0.29) is 62.6 Å². The van der Waals surface area contributed by atoms with Gasteiger partial charge in [-0.3, -0.25) is 0 Å². The summed E-state index contributed by atoms with van der Waals surface area (Å²) >= 11 is 0. The van der Waals surface area contributed by atoms with Gasteiger partial charge in [0.15, 0.2) is 16.6 Å². The van der Waals surface area contributed by atoms with Gasteiger partial charge in [0.25, 0.3) is 0 Å². The summed E-state index contributed by atoms with van der Waals surface area (Å²) in [4.78, 5) is 25.9. The summed E-state index contributed by atoms with van der Waals surface area (Å²) in [7, 11) is -9.00. The molecule has 17 heteroatoms. The second-order valence-corrected chi connectivity index (χ2v) is 28.4. The van der Waals surface area contributed by atoms with Crippen LogP contribution in [0.15, 0.2) is 0 Å². The average molecular weight is 697 g/mol. The average Bonchev–Trinajstić information content (AvgIpc) is 2.75. The highest BCUT2D eigenvalue weighted by Crippen LogP contribution is 2.27. The fourth-order valence-electron chi connectivity index (χ4n) is 3.81. The smallest absolute Gasteiger partial charge is 0.409 e. The summed E-state index contributed by atoms with van der Waals surface area (Å²) in [6.45, 7) is 17.4. The molecular formula is C26H68N2O11Si4. The standard InChI is InChI=1S/C22H52N2O11Si4.4CH4/c1-36(2,3)33-38(7,8)35-39(9,34-37(4,5)6)14-10-12-24(22(30)32-18-20(28)16-26)13-11-23-21(29)31-17-19(27)15-25;;;;/h19-20,25-28H,10-18H2,1-9H3,(H,23,29);4*1H4. The second kappa shape index (κ2) is 23.5. The van der Waals surface area contributed by atoms with E-state index in [1.807, 2.05) is 19.6 Å². The van der Waals surface area contributed by atoms with Gasteiger partial charge in [-0.15, -0.1) is 0 Å². The van der Waals surface area contributed by atoms with Crippen LogP contribution in [0.3, 0.4) is 0 Å². The van der Waals surface area contributed by atoms with Crippen molar-refractivity contribution >= 4 is 45.9 Å². The molecule has 13 nitrogen and oxygen atoms in total. The molecule has 0 aliphatic heterocycles. The van der Waals surface area contributed by atoms with Gasteiger partial charge in [-0.05, 0) is 71.4 Å². The van der Waals surface area contributed by atoms with Crippen molar-refractivity contribution < 1.29 is 51.8 Å². The van der Waals surface area contributed by atoms with Crippen LogP contribution in [0, 0.1) is 0 Å². The lowest BCUT2D eigenvalue weighted by atomic mass is 10.4. The summed E-state index contributed by atoms with van der Waals surface area (Å²) < 4.78 is 29.6. The van der Waals surface area contributed by atoms with E-state index in [9.17, 15) is 19.8 Å². The van der Waals surface area contributed by atoms with E-state index in [1.165, 1.54) is 4.90 Å². The van der Waals surface area contributed by atoms with Gasteiger partial charge in [-0.1, -0.05) is 29.7 Å². The molecule has 3 unspecified atom stereocenters.